The van der Waals surface area contributed by atoms with Crippen LogP contribution in [0.3, 0.4) is 0 Å². The first kappa shape index (κ1) is 21.3. The summed E-state index contributed by atoms with van der Waals surface area (Å²) in [7, 11) is 0. The van der Waals surface area contributed by atoms with Crippen molar-refractivity contribution in [3.63, 3.8) is 0 Å². The zero-order chi connectivity index (χ0) is 21.5. The molecule has 7 heteroatoms. The molecule has 0 bridgehead atoms. The van der Waals surface area contributed by atoms with Crippen LogP contribution in [0, 0.1) is 5.92 Å². The highest BCUT2D eigenvalue weighted by Gasteiger charge is 2.25. The molecule has 0 radical (unpaired) electrons. The Hall–Kier alpha value is -3.38. The Morgan fingerprint density at radius 1 is 0.933 bits per heavy atom. The molecule has 30 heavy (non-hydrogen) atoms. The highest BCUT2D eigenvalue weighted by atomic mass is 35.5. The highest BCUT2D eigenvalue weighted by molar-refractivity contribution is 6.33. The molecule has 0 saturated carbocycles. The standard InChI is InChI=1S/C23H22ClN3O3/c1-15(2)21(27-22(28)19-5-3-4-6-20(19)24)23(29)26-16-7-9-17(10-8-16)30-18-11-13-25-14-12-18/h3-15,21H,1-2H3,(H,26,29)(H,27,28). The minimum absolute atomic E-state index is 0.120. The number of ether oxygens (including phenoxy) is 1. The van der Waals surface area contributed by atoms with Crippen molar-refractivity contribution in [2.24, 2.45) is 5.92 Å². The quantitative estimate of drug-likeness (QED) is 0.565. The van der Waals surface area contributed by atoms with Gasteiger partial charge >= 0.3 is 0 Å². The predicted molar refractivity (Wildman–Crippen MR) is 117 cm³/mol. The minimum Gasteiger partial charge on any atom is -0.457 e. The van der Waals surface area contributed by atoms with Gasteiger partial charge in [0.05, 0.1) is 10.6 Å². The molecule has 2 N–H and O–H groups in total. The van der Waals surface area contributed by atoms with Crippen LogP contribution in [-0.2, 0) is 4.79 Å². The number of anilines is 1. The van der Waals surface area contributed by atoms with Crippen LogP contribution >= 0.6 is 11.6 Å². The van der Waals surface area contributed by atoms with Gasteiger partial charge in [-0.3, -0.25) is 14.6 Å². The minimum atomic E-state index is -0.721. The maximum Gasteiger partial charge on any atom is 0.253 e. The number of pyridine rings is 1. The van der Waals surface area contributed by atoms with E-state index in [2.05, 4.69) is 15.6 Å². The second kappa shape index (κ2) is 9.89. The van der Waals surface area contributed by atoms with E-state index in [1.54, 1.807) is 73.1 Å². The molecule has 3 aromatic rings. The maximum absolute atomic E-state index is 12.8. The van der Waals surface area contributed by atoms with Gasteiger partial charge in [0.25, 0.3) is 5.91 Å². The van der Waals surface area contributed by atoms with Crippen molar-refractivity contribution in [1.82, 2.24) is 10.3 Å². The van der Waals surface area contributed by atoms with E-state index in [9.17, 15) is 9.59 Å². The summed E-state index contributed by atoms with van der Waals surface area (Å²) in [6, 6.07) is 16.5. The average molecular weight is 424 g/mol. The van der Waals surface area contributed by atoms with Gasteiger partial charge in [-0.05, 0) is 54.4 Å². The zero-order valence-corrected chi connectivity index (χ0v) is 17.4. The van der Waals surface area contributed by atoms with Crippen LogP contribution in [0.4, 0.5) is 5.69 Å². The monoisotopic (exact) mass is 423 g/mol. The van der Waals surface area contributed by atoms with Crippen LogP contribution in [0.1, 0.15) is 24.2 Å². The van der Waals surface area contributed by atoms with Crippen LogP contribution in [0.5, 0.6) is 11.5 Å². The van der Waals surface area contributed by atoms with Crippen molar-refractivity contribution in [2.75, 3.05) is 5.32 Å². The van der Waals surface area contributed by atoms with E-state index in [0.717, 1.165) is 0 Å². The Kier molecular flexibility index (Phi) is 7.03. The SMILES string of the molecule is CC(C)C(NC(=O)c1ccccc1Cl)C(=O)Nc1ccc(Oc2ccncc2)cc1. The smallest absolute Gasteiger partial charge is 0.253 e. The van der Waals surface area contributed by atoms with E-state index in [4.69, 9.17) is 16.3 Å². The Morgan fingerprint density at radius 2 is 1.57 bits per heavy atom. The fourth-order valence-corrected chi connectivity index (χ4v) is 2.99. The van der Waals surface area contributed by atoms with Crippen molar-refractivity contribution >= 4 is 29.1 Å². The first-order valence-corrected chi connectivity index (χ1v) is 9.86. The number of rotatable bonds is 7. The number of benzene rings is 2. The van der Waals surface area contributed by atoms with Crippen molar-refractivity contribution in [3.05, 3.63) is 83.6 Å². The number of aromatic nitrogens is 1. The lowest BCUT2D eigenvalue weighted by atomic mass is 10.0. The zero-order valence-electron chi connectivity index (χ0n) is 16.6. The molecule has 2 aromatic carbocycles. The lowest BCUT2D eigenvalue weighted by molar-refractivity contribution is -0.118. The molecule has 1 heterocycles. The van der Waals surface area contributed by atoms with Crippen molar-refractivity contribution in [1.29, 1.82) is 0 Å². The van der Waals surface area contributed by atoms with Crippen LogP contribution in [-0.4, -0.2) is 22.8 Å². The summed E-state index contributed by atoms with van der Waals surface area (Å²) < 4.78 is 5.71. The van der Waals surface area contributed by atoms with Gasteiger partial charge in [-0.25, -0.2) is 0 Å². The van der Waals surface area contributed by atoms with Crippen molar-refractivity contribution in [2.45, 2.75) is 19.9 Å². The predicted octanol–water partition coefficient (Wildman–Crippen LogP) is 4.92. The molecule has 0 saturated heterocycles. The summed E-state index contributed by atoms with van der Waals surface area (Å²) >= 11 is 6.09. The van der Waals surface area contributed by atoms with Gasteiger partial charge in [0, 0.05) is 18.1 Å². The fourth-order valence-electron chi connectivity index (χ4n) is 2.77. The van der Waals surface area contributed by atoms with Crippen LogP contribution in [0.25, 0.3) is 0 Å². The Labute approximate surface area is 180 Å². The molecule has 0 spiro atoms. The number of carbonyl (C=O) groups is 2. The van der Waals surface area contributed by atoms with Crippen LogP contribution in [0.2, 0.25) is 5.02 Å². The summed E-state index contributed by atoms with van der Waals surface area (Å²) in [5.41, 5.74) is 0.926. The van der Waals surface area contributed by atoms with Crippen molar-refractivity contribution in [3.8, 4) is 11.5 Å². The molecule has 6 nitrogen and oxygen atoms in total. The molecule has 1 unspecified atom stereocenters. The van der Waals surface area contributed by atoms with E-state index in [1.807, 2.05) is 13.8 Å². The van der Waals surface area contributed by atoms with Crippen LogP contribution in [0.15, 0.2) is 73.1 Å². The Balaban J connectivity index is 1.65. The second-order valence-corrected chi connectivity index (χ2v) is 7.38. The average Bonchev–Trinajstić information content (AvgIpc) is 2.74. The summed E-state index contributed by atoms with van der Waals surface area (Å²) in [6.07, 6.45) is 3.29. The van der Waals surface area contributed by atoms with Gasteiger partial charge in [-0.15, -0.1) is 0 Å². The molecule has 3 rings (SSSR count). The largest absolute Gasteiger partial charge is 0.457 e. The molecule has 2 amide bonds. The van der Waals surface area contributed by atoms with E-state index in [0.29, 0.717) is 27.8 Å². The number of carbonyl (C=O) groups excluding carboxylic acids is 2. The van der Waals surface area contributed by atoms with E-state index < -0.39 is 11.9 Å². The first-order valence-electron chi connectivity index (χ1n) is 9.48. The molecule has 154 valence electrons. The van der Waals surface area contributed by atoms with Gasteiger partial charge < -0.3 is 15.4 Å². The van der Waals surface area contributed by atoms with Gasteiger partial charge in [-0.2, -0.15) is 0 Å². The molecular formula is C23H22ClN3O3. The highest BCUT2D eigenvalue weighted by Crippen LogP contribution is 2.22. The van der Waals surface area contributed by atoms with Gasteiger partial charge in [0.2, 0.25) is 5.91 Å². The molecule has 0 aliphatic heterocycles. The fraction of sp³-hybridized carbons (Fsp3) is 0.174. The van der Waals surface area contributed by atoms with E-state index >= 15 is 0 Å². The third-order valence-corrected chi connectivity index (χ3v) is 4.69. The molecule has 1 atom stereocenters. The molecule has 0 fully saturated rings. The van der Waals surface area contributed by atoms with Gasteiger partial charge in [0.15, 0.2) is 0 Å². The summed E-state index contributed by atoms with van der Waals surface area (Å²) in [5, 5.41) is 5.94. The number of nitrogens with zero attached hydrogens (tertiary/aromatic N) is 1. The number of hydrogen-bond acceptors (Lipinski definition) is 4. The van der Waals surface area contributed by atoms with Crippen LogP contribution < -0.4 is 15.4 Å². The Bertz CT molecular complexity index is 1010. The Morgan fingerprint density at radius 3 is 2.20 bits per heavy atom. The summed E-state index contributed by atoms with van der Waals surface area (Å²) in [6.45, 7) is 3.73. The lowest BCUT2D eigenvalue weighted by Crippen LogP contribution is -2.47. The lowest BCUT2D eigenvalue weighted by Gasteiger charge is -2.22. The number of halogens is 1. The third-order valence-electron chi connectivity index (χ3n) is 4.36. The number of amides is 2. The maximum atomic E-state index is 12.8. The molecular weight excluding hydrogens is 402 g/mol. The van der Waals surface area contributed by atoms with Crippen molar-refractivity contribution < 1.29 is 14.3 Å². The van der Waals surface area contributed by atoms with Gasteiger partial charge in [0.1, 0.15) is 17.5 Å². The van der Waals surface area contributed by atoms with Gasteiger partial charge in [-0.1, -0.05) is 37.6 Å². The topological polar surface area (TPSA) is 80.3 Å². The third kappa shape index (κ3) is 5.58. The normalized spacial score (nSPS) is 11.6. The second-order valence-electron chi connectivity index (χ2n) is 6.97. The molecule has 1 aromatic heterocycles. The summed E-state index contributed by atoms with van der Waals surface area (Å²) in [5.74, 6) is 0.477. The first-order chi connectivity index (χ1) is 14.4. The van der Waals surface area contributed by atoms with E-state index in [1.165, 1.54) is 0 Å². The molecule has 0 aliphatic rings. The molecule has 0 aliphatic carbocycles. The number of nitrogens with one attached hydrogen (secondary N) is 2. The van der Waals surface area contributed by atoms with E-state index in [-0.39, 0.29) is 11.8 Å². The summed E-state index contributed by atoms with van der Waals surface area (Å²) in [4.78, 5) is 29.3. The number of hydrogen-bond donors (Lipinski definition) is 2.